The number of rotatable bonds is 6. The summed E-state index contributed by atoms with van der Waals surface area (Å²) in [7, 11) is 0. The average molecular weight is 292 g/mol. The fraction of sp³-hybridized carbons (Fsp3) is 0.357. The minimum atomic E-state index is -0.616. The highest BCUT2D eigenvalue weighted by molar-refractivity contribution is 5.61. The van der Waals surface area contributed by atoms with Gasteiger partial charge in [0.1, 0.15) is 11.5 Å². The van der Waals surface area contributed by atoms with Gasteiger partial charge in [0.15, 0.2) is 0 Å². The standard InChI is InChI=1S/C14H17FN4O2/c1-10-8-11(2)18(17-10)7-3-6-16-13-5-4-12(15)9-14(13)19(20)21/h4-5,8-9,16H,3,6-7H2,1-2H3. The van der Waals surface area contributed by atoms with Crippen molar-refractivity contribution in [2.24, 2.45) is 0 Å². The van der Waals surface area contributed by atoms with Crippen LogP contribution in [0.25, 0.3) is 0 Å². The van der Waals surface area contributed by atoms with Crippen molar-refractivity contribution < 1.29 is 9.31 Å². The van der Waals surface area contributed by atoms with Crippen molar-refractivity contribution in [1.29, 1.82) is 0 Å². The molecular formula is C14H17FN4O2. The van der Waals surface area contributed by atoms with Crippen LogP contribution < -0.4 is 5.32 Å². The Morgan fingerprint density at radius 1 is 1.38 bits per heavy atom. The topological polar surface area (TPSA) is 73.0 Å². The highest BCUT2D eigenvalue weighted by Crippen LogP contribution is 2.24. The van der Waals surface area contributed by atoms with Gasteiger partial charge in [0.25, 0.3) is 5.69 Å². The largest absolute Gasteiger partial charge is 0.379 e. The van der Waals surface area contributed by atoms with Crippen molar-refractivity contribution in [1.82, 2.24) is 9.78 Å². The van der Waals surface area contributed by atoms with E-state index in [4.69, 9.17) is 0 Å². The SMILES string of the molecule is Cc1cc(C)n(CCCNc2ccc(F)cc2[N+](=O)[O-])n1. The van der Waals surface area contributed by atoms with E-state index in [0.717, 1.165) is 30.4 Å². The Morgan fingerprint density at radius 3 is 2.76 bits per heavy atom. The first-order chi connectivity index (χ1) is 9.97. The van der Waals surface area contributed by atoms with Crippen LogP contribution in [0.4, 0.5) is 15.8 Å². The van der Waals surface area contributed by atoms with Gasteiger partial charge in [0.05, 0.1) is 16.7 Å². The van der Waals surface area contributed by atoms with Crippen molar-refractivity contribution in [3.05, 3.63) is 51.6 Å². The molecular weight excluding hydrogens is 275 g/mol. The number of nitrogens with one attached hydrogen (secondary N) is 1. The van der Waals surface area contributed by atoms with Crippen molar-refractivity contribution in [2.45, 2.75) is 26.8 Å². The molecule has 0 aliphatic rings. The monoisotopic (exact) mass is 292 g/mol. The van der Waals surface area contributed by atoms with Crippen LogP contribution in [0.3, 0.4) is 0 Å². The van der Waals surface area contributed by atoms with Gasteiger partial charge in [-0.1, -0.05) is 0 Å². The van der Waals surface area contributed by atoms with Gasteiger partial charge in [0.2, 0.25) is 0 Å². The van der Waals surface area contributed by atoms with Crippen molar-refractivity contribution >= 4 is 11.4 Å². The van der Waals surface area contributed by atoms with Crippen LogP contribution in [0.15, 0.2) is 24.3 Å². The van der Waals surface area contributed by atoms with Gasteiger partial charge < -0.3 is 5.32 Å². The quantitative estimate of drug-likeness (QED) is 0.504. The highest BCUT2D eigenvalue weighted by Gasteiger charge is 2.14. The third-order valence-electron chi connectivity index (χ3n) is 3.12. The number of nitrogens with zero attached hydrogens (tertiary/aromatic N) is 3. The zero-order valence-corrected chi connectivity index (χ0v) is 12.0. The molecule has 0 atom stereocenters. The van der Waals surface area contributed by atoms with E-state index in [1.54, 1.807) is 0 Å². The van der Waals surface area contributed by atoms with Crippen LogP contribution in [0.5, 0.6) is 0 Å². The summed E-state index contributed by atoms with van der Waals surface area (Å²) < 4.78 is 14.9. The van der Waals surface area contributed by atoms with Gasteiger partial charge in [-0.25, -0.2) is 4.39 Å². The molecule has 0 fully saturated rings. The molecule has 0 amide bonds. The Hall–Kier alpha value is -2.44. The predicted molar refractivity (Wildman–Crippen MR) is 77.9 cm³/mol. The molecule has 0 spiro atoms. The maximum Gasteiger partial charge on any atom is 0.295 e. The van der Waals surface area contributed by atoms with Gasteiger partial charge >= 0.3 is 0 Å². The number of aromatic nitrogens is 2. The van der Waals surface area contributed by atoms with E-state index in [2.05, 4.69) is 10.4 Å². The lowest BCUT2D eigenvalue weighted by molar-refractivity contribution is -0.384. The Morgan fingerprint density at radius 2 is 2.14 bits per heavy atom. The van der Waals surface area contributed by atoms with Crippen LogP contribution in [0.2, 0.25) is 0 Å². The first-order valence-corrected chi connectivity index (χ1v) is 6.66. The van der Waals surface area contributed by atoms with Crippen LogP contribution in [0.1, 0.15) is 17.8 Å². The van der Waals surface area contributed by atoms with Crippen LogP contribution in [-0.4, -0.2) is 21.2 Å². The maximum absolute atomic E-state index is 13.0. The second-order valence-electron chi connectivity index (χ2n) is 4.85. The molecule has 0 saturated carbocycles. The van der Waals surface area contributed by atoms with Crippen molar-refractivity contribution in [2.75, 3.05) is 11.9 Å². The van der Waals surface area contributed by atoms with E-state index in [9.17, 15) is 14.5 Å². The molecule has 1 heterocycles. The van der Waals surface area contributed by atoms with Gasteiger partial charge in [-0.3, -0.25) is 14.8 Å². The smallest absolute Gasteiger partial charge is 0.295 e. The fourth-order valence-corrected chi connectivity index (χ4v) is 2.16. The Bertz CT molecular complexity index is 654. The lowest BCUT2D eigenvalue weighted by atomic mass is 10.2. The first kappa shape index (κ1) is 15.0. The molecule has 7 heteroatoms. The molecule has 0 unspecified atom stereocenters. The van der Waals surface area contributed by atoms with Crippen LogP contribution in [0, 0.1) is 29.8 Å². The first-order valence-electron chi connectivity index (χ1n) is 6.66. The summed E-state index contributed by atoms with van der Waals surface area (Å²) in [5.41, 5.74) is 2.13. The van der Waals surface area contributed by atoms with E-state index in [1.807, 2.05) is 24.6 Å². The molecule has 0 bridgehead atoms. The number of aryl methyl sites for hydroxylation is 3. The summed E-state index contributed by atoms with van der Waals surface area (Å²) in [6.07, 6.45) is 0.760. The third kappa shape index (κ3) is 3.77. The van der Waals surface area contributed by atoms with Gasteiger partial charge in [0, 0.05) is 18.8 Å². The normalized spacial score (nSPS) is 10.6. The molecule has 2 aromatic rings. The maximum atomic E-state index is 13.0. The molecule has 2 rings (SSSR count). The van der Waals surface area contributed by atoms with Crippen LogP contribution in [-0.2, 0) is 6.54 Å². The van der Waals surface area contributed by atoms with Gasteiger partial charge in [-0.05, 0) is 38.5 Å². The number of nitro benzene ring substituents is 1. The number of nitro groups is 1. The zero-order valence-electron chi connectivity index (χ0n) is 12.0. The molecule has 0 aliphatic heterocycles. The molecule has 0 saturated heterocycles. The van der Waals surface area contributed by atoms with Gasteiger partial charge in [-0.15, -0.1) is 0 Å². The minimum absolute atomic E-state index is 0.249. The van der Waals surface area contributed by atoms with E-state index in [1.165, 1.54) is 12.1 Å². The number of hydrogen-bond donors (Lipinski definition) is 1. The molecule has 1 aromatic heterocycles. The Balaban J connectivity index is 1.92. The minimum Gasteiger partial charge on any atom is -0.379 e. The number of anilines is 1. The molecule has 6 nitrogen and oxygen atoms in total. The van der Waals surface area contributed by atoms with Crippen LogP contribution >= 0.6 is 0 Å². The Labute approximate surface area is 121 Å². The van der Waals surface area contributed by atoms with Crippen molar-refractivity contribution in [3.8, 4) is 0 Å². The average Bonchev–Trinajstić information content (AvgIpc) is 2.74. The summed E-state index contributed by atoms with van der Waals surface area (Å²) in [6, 6.07) is 5.51. The summed E-state index contributed by atoms with van der Waals surface area (Å²) >= 11 is 0. The zero-order chi connectivity index (χ0) is 15.4. The molecule has 112 valence electrons. The second-order valence-corrected chi connectivity index (χ2v) is 4.85. The number of hydrogen-bond acceptors (Lipinski definition) is 4. The Kier molecular flexibility index (Phi) is 4.52. The lowest BCUT2D eigenvalue weighted by Crippen LogP contribution is -2.10. The van der Waals surface area contributed by atoms with Crippen molar-refractivity contribution in [3.63, 3.8) is 0 Å². The molecule has 21 heavy (non-hydrogen) atoms. The predicted octanol–water partition coefficient (Wildman–Crippen LogP) is 3.05. The summed E-state index contributed by atoms with van der Waals surface area (Å²) in [5, 5.41) is 18.2. The lowest BCUT2D eigenvalue weighted by Gasteiger charge is -2.08. The summed E-state index contributed by atoms with van der Waals surface area (Å²) in [6.45, 7) is 5.19. The van der Waals surface area contributed by atoms with E-state index in [0.29, 0.717) is 12.2 Å². The summed E-state index contributed by atoms with van der Waals surface area (Å²) in [4.78, 5) is 10.3. The third-order valence-corrected chi connectivity index (χ3v) is 3.12. The molecule has 0 radical (unpaired) electrons. The van der Waals surface area contributed by atoms with Gasteiger partial charge in [-0.2, -0.15) is 5.10 Å². The highest BCUT2D eigenvalue weighted by atomic mass is 19.1. The van der Waals surface area contributed by atoms with E-state index in [-0.39, 0.29) is 5.69 Å². The van der Waals surface area contributed by atoms with E-state index < -0.39 is 10.7 Å². The summed E-state index contributed by atoms with van der Waals surface area (Å²) in [5.74, 6) is -0.616. The molecule has 1 aromatic carbocycles. The fourth-order valence-electron chi connectivity index (χ4n) is 2.16. The number of halogens is 1. The molecule has 1 N–H and O–H groups in total. The number of benzene rings is 1. The van der Waals surface area contributed by atoms with E-state index >= 15 is 0 Å². The molecule has 0 aliphatic carbocycles. The second kappa shape index (κ2) is 6.34.